The number of anilines is 3. The number of aromatic nitrogens is 2. The van der Waals surface area contributed by atoms with E-state index in [4.69, 9.17) is 22.2 Å². The van der Waals surface area contributed by atoms with E-state index in [2.05, 4.69) is 47.3 Å². The molecular weight excluding hydrogens is 320 g/mol. The third-order valence-corrected chi connectivity index (χ3v) is 4.48. The van der Waals surface area contributed by atoms with E-state index in [1.807, 2.05) is 0 Å². The lowest BCUT2D eigenvalue weighted by atomic mass is 10.1. The summed E-state index contributed by atoms with van der Waals surface area (Å²) in [6.45, 7) is 10.5. The Bertz CT molecular complexity index is 551. The van der Waals surface area contributed by atoms with E-state index in [1.165, 1.54) is 25.7 Å². The average molecular weight is 349 g/mol. The quantitative estimate of drug-likeness (QED) is 0.815. The van der Waals surface area contributed by atoms with Gasteiger partial charge in [-0.2, -0.15) is 9.97 Å². The Morgan fingerprint density at radius 2 is 1.42 bits per heavy atom. The predicted octanol–water partition coefficient (Wildman–Crippen LogP) is 2.76. The minimum atomic E-state index is -0.0889. The smallest absolute Gasteiger partial charge is 0.232 e. The molecule has 0 saturated carbocycles. The normalized spacial score (nSPS) is 18.1. The molecule has 0 amide bonds. The van der Waals surface area contributed by atoms with Crippen molar-refractivity contribution in [1.82, 2.24) is 15.3 Å². The third-order valence-electron chi connectivity index (χ3n) is 4.27. The highest BCUT2D eigenvalue weighted by Gasteiger charge is 2.20. The summed E-state index contributed by atoms with van der Waals surface area (Å²) in [5, 5.41) is 6.99. The maximum Gasteiger partial charge on any atom is 0.232 e. The first-order valence-corrected chi connectivity index (χ1v) is 9.30. The molecule has 0 aromatic carbocycles. The SMILES string of the molecule is CC(C)(C)NC(=S)Nc1nc(N2CCCC2)cc(N2CCCC2)n1. The van der Waals surface area contributed by atoms with Crippen molar-refractivity contribution in [3.63, 3.8) is 0 Å². The van der Waals surface area contributed by atoms with Crippen LogP contribution in [0, 0.1) is 0 Å². The van der Waals surface area contributed by atoms with Crippen molar-refractivity contribution < 1.29 is 0 Å². The fraction of sp³-hybridized carbons (Fsp3) is 0.706. The van der Waals surface area contributed by atoms with Crippen LogP contribution in [0.15, 0.2) is 6.07 Å². The molecule has 2 aliphatic rings. The number of thiocarbonyl (C=S) groups is 1. The molecule has 1 aromatic heterocycles. The van der Waals surface area contributed by atoms with Crippen LogP contribution in [0.1, 0.15) is 46.5 Å². The first kappa shape index (κ1) is 17.2. The van der Waals surface area contributed by atoms with E-state index >= 15 is 0 Å². The number of nitrogens with zero attached hydrogens (tertiary/aromatic N) is 4. The standard InChI is InChI=1S/C17H28N6S/c1-17(2,3)21-16(24)20-15-18-13(22-8-4-5-9-22)12-14(19-15)23-10-6-7-11-23/h12H,4-11H2,1-3H3,(H2,18,19,20,21,24). The van der Waals surface area contributed by atoms with Crippen molar-refractivity contribution in [3.8, 4) is 0 Å². The van der Waals surface area contributed by atoms with E-state index < -0.39 is 0 Å². The Labute approximate surface area is 150 Å². The van der Waals surface area contributed by atoms with E-state index in [-0.39, 0.29) is 5.54 Å². The highest BCUT2D eigenvalue weighted by Crippen LogP contribution is 2.26. The molecule has 3 rings (SSSR count). The van der Waals surface area contributed by atoms with Gasteiger partial charge in [-0.1, -0.05) is 0 Å². The second kappa shape index (κ2) is 7.09. The molecule has 0 atom stereocenters. The van der Waals surface area contributed by atoms with Crippen molar-refractivity contribution in [3.05, 3.63) is 6.07 Å². The fourth-order valence-corrected chi connectivity index (χ4v) is 3.57. The van der Waals surface area contributed by atoms with Gasteiger partial charge >= 0.3 is 0 Å². The highest BCUT2D eigenvalue weighted by atomic mass is 32.1. The molecule has 2 N–H and O–H groups in total. The van der Waals surface area contributed by atoms with Crippen molar-refractivity contribution in [1.29, 1.82) is 0 Å². The van der Waals surface area contributed by atoms with Gasteiger partial charge < -0.3 is 20.4 Å². The Morgan fingerprint density at radius 1 is 0.958 bits per heavy atom. The summed E-state index contributed by atoms with van der Waals surface area (Å²) in [4.78, 5) is 14.1. The minimum Gasteiger partial charge on any atom is -0.358 e. The lowest BCUT2D eigenvalue weighted by Crippen LogP contribution is -2.43. The number of nitrogens with one attached hydrogen (secondary N) is 2. The van der Waals surface area contributed by atoms with Crippen molar-refractivity contribution >= 4 is 34.9 Å². The molecular formula is C17H28N6S. The number of rotatable bonds is 3. The number of hydrogen-bond acceptors (Lipinski definition) is 5. The molecule has 132 valence electrons. The van der Waals surface area contributed by atoms with Crippen LogP contribution in [-0.4, -0.2) is 46.8 Å². The van der Waals surface area contributed by atoms with Crippen LogP contribution in [0.3, 0.4) is 0 Å². The Kier molecular flexibility index (Phi) is 5.08. The van der Waals surface area contributed by atoms with Crippen LogP contribution in [0.25, 0.3) is 0 Å². The maximum atomic E-state index is 5.41. The van der Waals surface area contributed by atoms with Gasteiger partial charge in [0, 0.05) is 37.8 Å². The lowest BCUT2D eigenvalue weighted by Gasteiger charge is -2.24. The molecule has 2 fully saturated rings. The van der Waals surface area contributed by atoms with Crippen LogP contribution in [0.2, 0.25) is 0 Å². The van der Waals surface area contributed by atoms with Crippen molar-refractivity contribution in [2.45, 2.75) is 52.0 Å². The molecule has 0 spiro atoms. The van der Waals surface area contributed by atoms with Crippen LogP contribution in [0.4, 0.5) is 17.6 Å². The molecule has 0 unspecified atom stereocenters. The molecule has 1 aromatic rings. The Hall–Kier alpha value is -1.63. The first-order chi connectivity index (χ1) is 11.4. The van der Waals surface area contributed by atoms with Gasteiger partial charge in [0.25, 0.3) is 0 Å². The van der Waals surface area contributed by atoms with Gasteiger partial charge in [0.05, 0.1) is 0 Å². The largest absolute Gasteiger partial charge is 0.358 e. The summed E-state index contributed by atoms with van der Waals surface area (Å²) in [6.07, 6.45) is 4.93. The molecule has 0 aliphatic carbocycles. The summed E-state index contributed by atoms with van der Waals surface area (Å²) < 4.78 is 0. The van der Waals surface area contributed by atoms with Crippen LogP contribution in [0.5, 0.6) is 0 Å². The zero-order valence-corrected chi connectivity index (χ0v) is 15.7. The number of hydrogen-bond donors (Lipinski definition) is 2. The monoisotopic (exact) mass is 348 g/mol. The third kappa shape index (κ3) is 4.47. The second-order valence-corrected chi connectivity index (χ2v) is 8.03. The summed E-state index contributed by atoms with van der Waals surface area (Å²) >= 11 is 5.41. The second-order valence-electron chi connectivity index (χ2n) is 7.63. The summed E-state index contributed by atoms with van der Waals surface area (Å²) in [6, 6.07) is 2.13. The molecule has 24 heavy (non-hydrogen) atoms. The highest BCUT2D eigenvalue weighted by molar-refractivity contribution is 7.80. The lowest BCUT2D eigenvalue weighted by molar-refractivity contribution is 0.514. The maximum absolute atomic E-state index is 5.41. The van der Waals surface area contributed by atoms with E-state index in [1.54, 1.807) is 0 Å². The molecule has 6 nitrogen and oxygen atoms in total. The van der Waals surface area contributed by atoms with Gasteiger partial charge in [0.2, 0.25) is 5.95 Å². The molecule has 7 heteroatoms. The molecule has 0 bridgehead atoms. The van der Waals surface area contributed by atoms with E-state index in [0.717, 1.165) is 37.8 Å². The van der Waals surface area contributed by atoms with Crippen LogP contribution >= 0.6 is 12.2 Å². The zero-order valence-electron chi connectivity index (χ0n) is 14.9. The van der Waals surface area contributed by atoms with Crippen LogP contribution in [-0.2, 0) is 0 Å². The summed E-state index contributed by atoms with van der Waals surface area (Å²) in [7, 11) is 0. The van der Waals surface area contributed by atoms with Gasteiger partial charge in [-0.3, -0.25) is 0 Å². The Morgan fingerprint density at radius 3 is 1.83 bits per heavy atom. The molecule has 0 radical (unpaired) electrons. The molecule has 2 saturated heterocycles. The van der Waals surface area contributed by atoms with Crippen LogP contribution < -0.4 is 20.4 Å². The van der Waals surface area contributed by atoms with Gasteiger partial charge in [-0.05, 0) is 58.7 Å². The van der Waals surface area contributed by atoms with E-state index in [0.29, 0.717) is 11.1 Å². The summed E-state index contributed by atoms with van der Waals surface area (Å²) in [5.74, 6) is 2.60. The van der Waals surface area contributed by atoms with Gasteiger partial charge in [0.15, 0.2) is 5.11 Å². The van der Waals surface area contributed by atoms with Gasteiger partial charge in [0.1, 0.15) is 11.6 Å². The summed E-state index contributed by atoms with van der Waals surface area (Å²) in [5.41, 5.74) is -0.0889. The van der Waals surface area contributed by atoms with Crippen molar-refractivity contribution in [2.24, 2.45) is 0 Å². The van der Waals surface area contributed by atoms with Crippen molar-refractivity contribution in [2.75, 3.05) is 41.3 Å². The average Bonchev–Trinajstić information content (AvgIpc) is 3.19. The topological polar surface area (TPSA) is 56.3 Å². The Balaban J connectivity index is 1.82. The van der Waals surface area contributed by atoms with E-state index in [9.17, 15) is 0 Å². The fourth-order valence-electron chi connectivity index (χ4n) is 3.17. The van der Waals surface area contributed by atoms with Gasteiger partial charge in [-0.15, -0.1) is 0 Å². The zero-order chi connectivity index (χ0) is 17.2. The first-order valence-electron chi connectivity index (χ1n) is 8.89. The molecule has 2 aliphatic heterocycles. The van der Waals surface area contributed by atoms with Gasteiger partial charge in [-0.25, -0.2) is 0 Å². The minimum absolute atomic E-state index is 0.0889. The predicted molar refractivity (Wildman–Crippen MR) is 104 cm³/mol. The molecule has 3 heterocycles.